The van der Waals surface area contributed by atoms with Gasteiger partial charge in [-0.25, -0.2) is 9.97 Å². The Hall–Kier alpha value is -3.57. The van der Waals surface area contributed by atoms with Crippen LogP contribution in [0.15, 0.2) is 85.3 Å². The van der Waals surface area contributed by atoms with E-state index in [4.69, 9.17) is 4.98 Å². The highest BCUT2D eigenvalue weighted by atomic mass is 16.3. The third kappa shape index (κ3) is 4.70. The van der Waals surface area contributed by atoms with Gasteiger partial charge in [-0.15, -0.1) is 0 Å². The first-order chi connectivity index (χ1) is 14.7. The Labute approximate surface area is 176 Å². The van der Waals surface area contributed by atoms with Crippen LogP contribution in [0.25, 0.3) is 22.4 Å². The second kappa shape index (κ2) is 9.29. The Morgan fingerprint density at radius 1 is 0.933 bits per heavy atom. The van der Waals surface area contributed by atoms with Crippen LogP contribution in [-0.4, -0.2) is 26.6 Å². The standard InChI is InChI=1S/C25H24N4O/c1-18-6-5-9-21(16-18)22-17-28-25(29-24(22)20-10-13-26-14-11-20)27-15-12-23(30)19-7-3-2-4-8-19/h2-11,13-14,16-17,23,30H,12,15H2,1H3,(H,27,28,29). The van der Waals surface area contributed by atoms with Gasteiger partial charge < -0.3 is 10.4 Å². The molecule has 5 nitrogen and oxygen atoms in total. The van der Waals surface area contributed by atoms with Crippen molar-refractivity contribution in [3.05, 3.63) is 96.4 Å². The molecule has 1 unspecified atom stereocenters. The molecular weight excluding hydrogens is 372 g/mol. The van der Waals surface area contributed by atoms with Crippen molar-refractivity contribution < 1.29 is 5.11 Å². The van der Waals surface area contributed by atoms with Gasteiger partial charge in [-0.2, -0.15) is 0 Å². The number of aliphatic hydroxyl groups excluding tert-OH is 1. The van der Waals surface area contributed by atoms with Gasteiger partial charge in [0.1, 0.15) is 0 Å². The largest absolute Gasteiger partial charge is 0.388 e. The van der Waals surface area contributed by atoms with Gasteiger partial charge in [0.2, 0.25) is 5.95 Å². The van der Waals surface area contributed by atoms with Gasteiger partial charge in [0, 0.05) is 36.3 Å². The molecule has 0 aliphatic heterocycles. The second-order valence-corrected chi connectivity index (χ2v) is 7.20. The minimum Gasteiger partial charge on any atom is -0.388 e. The van der Waals surface area contributed by atoms with Crippen LogP contribution >= 0.6 is 0 Å². The number of aryl methyl sites for hydroxylation is 1. The molecule has 0 amide bonds. The van der Waals surface area contributed by atoms with E-state index < -0.39 is 6.10 Å². The molecule has 0 saturated heterocycles. The van der Waals surface area contributed by atoms with E-state index in [9.17, 15) is 5.11 Å². The zero-order valence-electron chi connectivity index (χ0n) is 16.9. The summed E-state index contributed by atoms with van der Waals surface area (Å²) in [4.78, 5) is 13.4. The Bertz CT molecular complexity index is 1100. The van der Waals surface area contributed by atoms with E-state index in [1.807, 2.05) is 54.7 Å². The lowest BCUT2D eigenvalue weighted by Crippen LogP contribution is -2.10. The summed E-state index contributed by atoms with van der Waals surface area (Å²) < 4.78 is 0. The first-order valence-corrected chi connectivity index (χ1v) is 10.0. The molecule has 0 fully saturated rings. The van der Waals surface area contributed by atoms with Crippen LogP contribution in [0.4, 0.5) is 5.95 Å². The molecule has 2 aromatic carbocycles. The Balaban J connectivity index is 1.56. The molecule has 0 spiro atoms. The highest BCUT2D eigenvalue weighted by Crippen LogP contribution is 2.31. The molecule has 4 rings (SSSR count). The predicted molar refractivity (Wildman–Crippen MR) is 120 cm³/mol. The van der Waals surface area contributed by atoms with Gasteiger partial charge in [-0.1, -0.05) is 60.2 Å². The maximum absolute atomic E-state index is 10.4. The van der Waals surface area contributed by atoms with Crippen molar-refractivity contribution in [3.63, 3.8) is 0 Å². The first kappa shape index (κ1) is 19.7. The van der Waals surface area contributed by atoms with E-state index in [0.717, 1.165) is 27.9 Å². The number of pyridine rings is 1. The van der Waals surface area contributed by atoms with Crippen LogP contribution in [0.3, 0.4) is 0 Å². The smallest absolute Gasteiger partial charge is 0.223 e. The number of nitrogens with one attached hydrogen (secondary N) is 1. The van der Waals surface area contributed by atoms with Gasteiger partial charge in [0.15, 0.2) is 0 Å². The van der Waals surface area contributed by atoms with Crippen molar-refractivity contribution >= 4 is 5.95 Å². The van der Waals surface area contributed by atoms with E-state index in [2.05, 4.69) is 40.4 Å². The van der Waals surface area contributed by atoms with Gasteiger partial charge in [-0.05, 0) is 36.6 Å². The normalized spacial score (nSPS) is 11.8. The fourth-order valence-electron chi connectivity index (χ4n) is 3.38. The highest BCUT2D eigenvalue weighted by Gasteiger charge is 2.13. The first-order valence-electron chi connectivity index (χ1n) is 10.0. The number of benzene rings is 2. The summed E-state index contributed by atoms with van der Waals surface area (Å²) in [6, 6.07) is 21.9. The fraction of sp³-hybridized carbons (Fsp3) is 0.160. The molecule has 5 heteroatoms. The lowest BCUT2D eigenvalue weighted by Gasteiger charge is -2.14. The van der Waals surface area contributed by atoms with Gasteiger partial charge in [0.05, 0.1) is 11.8 Å². The maximum Gasteiger partial charge on any atom is 0.223 e. The number of hydrogen-bond donors (Lipinski definition) is 2. The third-order valence-electron chi connectivity index (χ3n) is 4.96. The van der Waals surface area contributed by atoms with Crippen molar-refractivity contribution in [1.82, 2.24) is 15.0 Å². The highest BCUT2D eigenvalue weighted by molar-refractivity contribution is 5.80. The quantitative estimate of drug-likeness (QED) is 0.457. The van der Waals surface area contributed by atoms with E-state index in [0.29, 0.717) is 18.9 Å². The average molecular weight is 396 g/mol. The lowest BCUT2D eigenvalue weighted by molar-refractivity contribution is 0.171. The predicted octanol–water partition coefficient (Wildman–Crippen LogP) is 5.05. The summed E-state index contributed by atoms with van der Waals surface area (Å²) in [5, 5.41) is 13.6. The Morgan fingerprint density at radius 2 is 1.73 bits per heavy atom. The van der Waals surface area contributed by atoms with Crippen molar-refractivity contribution in [3.8, 4) is 22.4 Å². The molecule has 0 radical (unpaired) electrons. The molecule has 0 aliphatic rings. The molecular formula is C25H24N4O. The molecule has 2 N–H and O–H groups in total. The van der Waals surface area contributed by atoms with E-state index in [-0.39, 0.29) is 0 Å². The summed E-state index contributed by atoms with van der Waals surface area (Å²) in [6.07, 6.45) is 5.43. The zero-order valence-corrected chi connectivity index (χ0v) is 16.9. The summed E-state index contributed by atoms with van der Waals surface area (Å²) in [7, 11) is 0. The van der Waals surface area contributed by atoms with E-state index >= 15 is 0 Å². The summed E-state index contributed by atoms with van der Waals surface area (Å²) in [6.45, 7) is 2.64. The zero-order chi connectivity index (χ0) is 20.8. The van der Waals surface area contributed by atoms with Crippen molar-refractivity contribution in [2.45, 2.75) is 19.4 Å². The van der Waals surface area contributed by atoms with Crippen LogP contribution in [0.1, 0.15) is 23.7 Å². The van der Waals surface area contributed by atoms with Crippen LogP contribution < -0.4 is 5.32 Å². The van der Waals surface area contributed by atoms with Gasteiger partial charge in [0.25, 0.3) is 0 Å². The topological polar surface area (TPSA) is 70.9 Å². The number of aliphatic hydroxyl groups is 1. The van der Waals surface area contributed by atoms with Crippen LogP contribution in [0.5, 0.6) is 0 Å². The summed E-state index contributed by atoms with van der Waals surface area (Å²) >= 11 is 0. The van der Waals surface area contributed by atoms with Gasteiger partial charge >= 0.3 is 0 Å². The number of hydrogen-bond acceptors (Lipinski definition) is 5. The SMILES string of the molecule is Cc1cccc(-c2cnc(NCCC(O)c3ccccc3)nc2-c2ccncc2)c1. The monoisotopic (exact) mass is 396 g/mol. The third-order valence-corrected chi connectivity index (χ3v) is 4.96. The number of rotatable bonds is 7. The van der Waals surface area contributed by atoms with Crippen LogP contribution in [-0.2, 0) is 0 Å². The molecule has 150 valence electrons. The molecule has 0 bridgehead atoms. The molecule has 4 aromatic rings. The van der Waals surface area contributed by atoms with E-state index in [1.54, 1.807) is 12.4 Å². The average Bonchev–Trinajstić information content (AvgIpc) is 2.80. The molecule has 2 aromatic heterocycles. The summed E-state index contributed by atoms with van der Waals surface area (Å²) in [5.41, 5.74) is 5.98. The Kier molecular flexibility index (Phi) is 6.11. The Morgan fingerprint density at radius 3 is 2.50 bits per heavy atom. The molecule has 2 heterocycles. The van der Waals surface area contributed by atoms with Crippen molar-refractivity contribution in [2.75, 3.05) is 11.9 Å². The second-order valence-electron chi connectivity index (χ2n) is 7.20. The van der Waals surface area contributed by atoms with Crippen molar-refractivity contribution in [1.29, 1.82) is 0 Å². The number of anilines is 1. The molecule has 0 aliphatic carbocycles. The number of nitrogens with zero attached hydrogens (tertiary/aromatic N) is 3. The minimum absolute atomic E-state index is 0.523. The maximum atomic E-state index is 10.4. The minimum atomic E-state index is -0.523. The van der Waals surface area contributed by atoms with Crippen molar-refractivity contribution in [2.24, 2.45) is 0 Å². The van der Waals surface area contributed by atoms with E-state index in [1.165, 1.54) is 5.56 Å². The lowest BCUT2D eigenvalue weighted by atomic mass is 10.00. The molecule has 0 saturated carbocycles. The molecule has 1 atom stereocenters. The number of aromatic nitrogens is 3. The van der Waals surface area contributed by atoms with Crippen LogP contribution in [0, 0.1) is 6.92 Å². The van der Waals surface area contributed by atoms with Gasteiger partial charge in [-0.3, -0.25) is 4.98 Å². The molecule has 30 heavy (non-hydrogen) atoms. The van der Waals surface area contributed by atoms with Crippen LogP contribution in [0.2, 0.25) is 0 Å². The summed E-state index contributed by atoms with van der Waals surface area (Å²) in [5.74, 6) is 0.540. The fourth-order valence-corrected chi connectivity index (χ4v) is 3.38.